The van der Waals surface area contributed by atoms with Crippen molar-refractivity contribution in [3.63, 3.8) is 0 Å². The molecule has 8 heteroatoms. The number of carboxylic acids is 1. The molecule has 7 nitrogen and oxygen atoms in total. The summed E-state index contributed by atoms with van der Waals surface area (Å²) in [6.07, 6.45) is 1.39. The van der Waals surface area contributed by atoms with Crippen molar-refractivity contribution in [2.75, 3.05) is 0 Å². The molecule has 0 radical (unpaired) electrons. The third kappa shape index (κ3) is 5.14. The number of aromatic carboxylic acids is 1. The normalized spacial score (nSPS) is 11.1. The fraction of sp³-hybridized carbons (Fsp3) is 0.0333. The molecule has 0 aliphatic carbocycles. The lowest BCUT2D eigenvalue weighted by Crippen LogP contribution is -2.17. The number of hydrazone groups is 1. The molecule has 0 unspecified atom stereocenters. The average Bonchev–Trinajstić information content (AvgIpc) is 3.56. The van der Waals surface area contributed by atoms with Crippen LogP contribution in [0.25, 0.3) is 28.3 Å². The highest BCUT2D eigenvalue weighted by Gasteiger charge is 2.13. The lowest BCUT2D eigenvalue weighted by molar-refractivity contribution is 0.0696. The Labute approximate surface area is 223 Å². The van der Waals surface area contributed by atoms with Crippen molar-refractivity contribution >= 4 is 29.7 Å². The second-order valence-corrected chi connectivity index (χ2v) is 8.92. The van der Waals surface area contributed by atoms with Gasteiger partial charge in [0.2, 0.25) is 0 Å². The number of hydrogen-bond donors (Lipinski definition) is 2. The standard InChI is InChI=1S/C30H22ClN3O4/c1-19-7-15-27(20-5-3-2-4-6-20)34(19)23-11-8-21(9-12-23)29(35)33-32-18-24-13-16-28(38-24)22-10-14-25(30(36)37)26(31)17-22/h2-18H,1H3,(H,33,35)(H,36,37)/b32-18+. The number of aryl methyl sites for hydroxylation is 1. The minimum atomic E-state index is -1.10. The minimum absolute atomic E-state index is 0.0135. The molecular formula is C30H22ClN3O4. The average molecular weight is 524 g/mol. The first-order valence-corrected chi connectivity index (χ1v) is 12.1. The number of hydrogen-bond acceptors (Lipinski definition) is 4. The molecule has 0 spiro atoms. The van der Waals surface area contributed by atoms with E-state index >= 15 is 0 Å². The lowest BCUT2D eigenvalue weighted by atomic mass is 10.1. The molecule has 0 fully saturated rings. The van der Waals surface area contributed by atoms with Gasteiger partial charge in [-0.15, -0.1) is 0 Å². The number of benzene rings is 3. The Bertz CT molecular complexity index is 1650. The summed E-state index contributed by atoms with van der Waals surface area (Å²) in [4.78, 5) is 23.8. The van der Waals surface area contributed by atoms with E-state index in [9.17, 15) is 9.59 Å². The number of amides is 1. The number of aromatic nitrogens is 1. The predicted octanol–water partition coefficient (Wildman–Crippen LogP) is 6.83. The number of carbonyl (C=O) groups excluding carboxylic acids is 1. The van der Waals surface area contributed by atoms with Crippen molar-refractivity contribution in [3.8, 4) is 28.3 Å². The molecule has 0 saturated heterocycles. The van der Waals surface area contributed by atoms with Crippen LogP contribution < -0.4 is 5.43 Å². The zero-order valence-corrected chi connectivity index (χ0v) is 21.0. The van der Waals surface area contributed by atoms with Crippen LogP contribution in [0.4, 0.5) is 0 Å². The van der Waals surface area contributed by atoms with Crippen molar-refractivity contribution in [2.24, 2.45) is 5.10 Å². The van der Waals surface area contributed by atoms with Crippen molar-refractivity contribution < 1.29 is 19.1 Å². The molecular weight excluding hydrogens is 502 g/mol. The fourth-order valence-electron chi connectivity index (χ4n) is 4.12. The molecule has 2 N–H and O–H groups in total. The molecule has 0 aliphatic heterocycles. The van der Waals surface area contributed by atoms with Crippen LogP contribution in [-0.2, 0) is 0 Å². The van der Waals surface area contributed by atoms with E-state index in [4.69, 9.17) is 21.1 Å². The molecule has 0 atom stereocenters. The first kappa shape index (κ1) is 24.8. The van der Waals surface area contributed by atoms with Gasteiger partial charge in [-0.1, -0.05) is 48.0 Å². The zero-order valence-electron chi connectivity index (χ0n) is 20.3. The summed E-state index contributed by atoms with van der Waals surface area (Å²) in [5.41, 5.74) is 7.82. The second kappa shape index (κ2) is 10.6. The van der Waals surface area contributed by atoms with E-state index in [1.807, 2.05) is 37.3 Å². The Morgan fingerprint density at radius 2 is 1.68 bits per heavy atom. The van der Waals surface area contributed by atoms with Gasteiger partial charge in [-0.3, -0.25) is 4.79 Å². The SMILES string of the molecule is Cc1ccc(-c2ccccc2)n1-c1ccc(C(=O)N/N=C/c2ccc(-c3ccc(C(=O)O)c(Cl)c3)o2)cc1. The Morgan fingerprint density at radius 1 is 0.921 bits per heavy atom. The van der Waals surface area contributed by atoms with Gasteiger partial charge in [-0.05, 0) is 73.2 Å². The Hall–Kier alpha value is -4.88. The Kier molecular flexibility index (Phi) is 6.93. The quantitative estimate of drug-likeness (QED) is 0.180. The molecule has 0 aliphatic rings. The van der Waals surface area contributed by atoms with Crippen LogP contribution in [0.2, 0.25) is 5.02 Å². The second-order valence-electron chi connectivity index (χ2n) is 8.51. The maximum atomic E-state index is 12.6. The molecule has 3 aromatic carbocycles. The van der Waals surface area contributed by atoms with Crippen LogP contribution in [0.15, 0.2) is 107 Å². The van der Waals surface area contributed by atoms with E-state index in [1.165, 1.54) is 18.3 Å². The van der Waals surface area contributed by atoms with E-state index < -0.39 is 5.97 Å². The van der Waals surface area contributed by atoms with E-state index in [1.54, 1.807) is 30.3 Å². The van der Waals surface area contributed by atoms with Crippen LogP contribution in [0, 0.1) is 6.92 Å². The maximum absolute atomic E-state index is 12.6. The predicted molar refractivity (Wildman–Crippen MR) is 147 cm³/mol. The van der Waals surface area contributed by atoms with Gasteiger partial charge in [-0.2, -0.15) is 5.10 Å². The van der Waals surface area contributed by atoms with Gasteiger partial charge in [-0.25, -0.2) is 10.2 Å². The fourth-order valence-corrected chi connectivity index (χ4v) is 4.38. The van der Waals surface area contributed by atoms with Gasteiger partial charge in [0.05, 0.1) is 22.5 Å². The summed E-state index contributed by atoms with van der Waals surface area (Å²) < 4.78 is 7.86. The van der Waals surface area contributed by atoms with E-state index in [0.717, 1.165) is 22.6 Å². The number of rotatable bonds is 7. The highest BCUT2D eigenvalue weighted by Crippen LogP contribution is 2.28. The third-order valence-electron chi connectivity index (χ3n) is 6.00. The van der Waals surface area contributed by atoms with Gasteiger partial charge in [0.1, 0.15) is 11.5 Å². The number of carbonyl (C=O) groups is 2. The number of nitrogens with zero attached hydrogens (tertiary/aromatic N) is 2. The highest BCUT2D eigenvalue weighted by molar-refractivity contribution is 6.33. The van der Waals surface area contributed by atoms with E-state index in [0.29, 0.717) is 22.6 Å². The van der Waals surface area contributed by atoms with Gasteiger partial charge in [0, 0.05) is 22.5 Å². The first-order valence-electron chi connectivity index (χ1n) is 11.7. The minimum Gasteiger partial charge on any atom is -0.478 e. The monoisotopic (exact) mass is 523 g/mol. The van der Waals surface area contributed by atoms with Gasteiger partial charge < -0.3 is 14.1 Å². The Morgan fingerprint density at radius 3 is 2.39 bits per heavy atom. The zero-order chi connectivity index (χ0) is 26.6. The summed E-state index contributed by atoms with van der Waals surface area (Å²) in [6.45, 7) is 2.04. The number of nitrogens with one attached hydrogen (secondary N) is 1. The summed E-state index contributed by atoms with van der Waals surface area (Å²) in [5.74, 6) is -0.563. The molecule has 5 aromatic rings. The molecule has 2 aromatic heterocycles. The molecule has 5 rings (SSSR count). The molecule has 2 heterocycles. The molecule has 0 saturated carbocycles. The van der Waals surface area contributed by atoms with Crippen LogP contribution in [0.5, 0.6) is 0 Å². The van der Waals surface area contributed by atoms with Gasteiger partial charge >= 0.3 is 5.97 Å². The number of carboxylic acid groups (broad SMARTS) is 1. The number of halogens is 1. The summed E-state index contributed by atoms with van der Waals surface area (Å²) in [5, 5.41) is 13.2. The van der Waals surface area contributed by atoms with Crippen LogP contribution in [-0.4, -0.2) is 27.8 Å². The van der Waals surface area contributed by atoms with Crippen LogP contribution in [0.1, 0.15) is 32.2 Å². The molecule has 188 valence electrons. The smallest absolute Gasteiger partial charge is 0.337 e. The van der Waals surface area contributed by atoms with E-state index in [2.05, 4.69) is 39.4 Å². The van der Waals surface area contributed by atoms with Gasteiger partial charge in [0.25, 0.3) is 5.91 Å². The summed E-state index contributed by atoms with van der Waals surface area (Å²) >= 11 is 6.04. The summed E-state index contributed by atoms with van der Waals surface area (Å²) in [7, 11) is 0. The maximum Gasteiger partial charge on any atom is 0.337 e. The van der Waals surface area contributed by atoms with E-state index in [-0.39, 0.29) is 16.5 Å². The van der Waals surface area contributed by atoms with Crippen LogP contribution >= 0.6 is 11.6 Å². The van der Waals surface area contributed by atoms with Gasteiger partial charge in [0.15, 0.2) is 0 Å². The topological polar surface area (TPSA) is 96.8 Å². The highest BCUT2D eigenvalue weighted by atomic mass is 35.5. The Balaban J connectivity index is 1.25. The summed E-state index contributed by atoms with van der Waals surface area (Å²) in [6, 6.07) is 29.5. The molecule has 1 amide bonds. The van der Waals surface area contributed by atoms with Crippen LogP contribution in [0.3, 0.4) is 0 Å². The van der Waals surface area contributed by atoms with Crippen molar-refractivity contribution in [1.82, 2.24) is 9.99 Å². The molecule has 0 bridgehead atoms. The van der Waals surface area contributed by atoms with Crippen molar-refractivity contribution in [3.05, 3.63) is 125 Å². The third-order valence-corrected chi connectivity index (χ3v) is 6.31. The first-order chi connectivity index (χ1) is 18.4. The largest absolute Gasteiger partial charge is 0.478 e. The van der Waals surface area contributed by atoms with Crippen molar-refractivity contribution in [1.29, 1.82) is 0 Å². The molecule has 38 heavy (non-hydrogen) atoms. The van der Waals surface area contributed by atoms with Crippen molar-refractivity contribution in [2.45, 2.75) is 6.92 Å². The number of furan rings is 1. The lowest BCUT2D eigenvalue weighted by Gasteiger charge is -2.12.